The van der Waals surface area contributed by atoms with Crippen molar-refractivity contribution in [1.29, 1.82) is 0 Å². The smallest absolute Gasteiger partial charge is 0.243 e. The Hall–Kier alpha value is -3.06. The Bertz CT molecular complexity index is 1120. The van der Waals surface area contributed by atoms with Crippen molar-refractivity contribution in [2.45, 2.75) is 44.7 Å². The molecule has 0 radical (unpaired) electrons. The topological polar surface area (TPSA) is 73.0 Å². The number of aliphatic imine (C=N–C) groups is 1. The van der Waals surface area contributed by atoms with Crippen LogP contribution >= 0.6 is 0 Å². The lowest BCUT2D eigenvalue weighted by molar-refractivity contribution is -0.144. The molecule has 3 aliphatic heterocycles. The Morgan fingerprint density at radius 2 is 1.97 bits per heavy atom. The van der Waals surface area contributed by atoms with Crippen LogP contribution in [0.1, 0.15) is 38.2 Å². The van der Waals surface area contributed by atoms with E-state index in [0.717, 1.165) is 69.0 Å². The number of piperazine rings is 1. The number of amides is 1. The number of carbonyl (C=O) groups is 1. The summed E-state index contributed by atoms with van der Waals surface area (Å²) in [6.45, 7) is 6.03. The minimum absolute atomic E-state index is 0.234. The van der Waals surface area contributed by atoms with Gasteiger partial charge in [0.05, 0.1) is 12.9 Å². The fraction of sp³-hybridized carbons (Fsp3) is 0.462. The van der Waals surface area contributed by atoms with Gasteiger partial charge in [0.1, 0.15) is 11.4 Å². The third kappa shape index (κ3) is 4.17. The van der Waals surface area contributed by atoms with Crippen LogP contribution in [-0.2, 0) is 16.1 Å². The van der Waals surface area contributed by atoms with E-state index in [-0.39, 0.29) is 5.91 Å². The number of methoxy groups -OCH3 is 1. The molecule has 0 unspecified atom stereocenters. The summed E-state index contributed by atoms with van der Waals surface area (Å²) < 4.78 is 5.40. The number of fused-ring (bicyclic) bond motifs is 1. The number of nitrogens with one attached hydrogen (secondary N) is 2. The van der Waals surface area contributed by atoms with Crippen LogP contribution in [0.15, 0.2) is 58.7 Å². The Balaban J connectivity index is 1.28. The van der Waals surface area contributed by atoms with Crippen molar-refractivity contribution >= 4 is 23.0 Å². The molecule has 0 saturated carbocycles. The molecule has 5 rings (SSSR count). The highest BCUT2D eigenvalue weighted by Gasteiger charge is 2.46. The molecule has 2 aromatic rings. The van der Waals surface area contributed by atoms with E-state index < -0.39 is 5.54 Å². The number of nitrogens with zero attached hydrogens (tertiary/aromatic N) is 3. The van der Waals surface area contributed by atoms with E-state index in [2.05, 4.69) is 40.3 Å². The van der Waals surface area contributed by atoms with Crippen LogP contribution in [0.2, 0.25) is 0 Å². The van der Waals surface area contributed by atoms with Gasteiger partial charge in [-0.3, -0.25) is 4.79 Å². The number of aromatic nitrogens is 1. The molecule has 1 spiro atoms. The molecule has 7 nitrogen and oxygen atoms in total. The van der Waals surface area contributed by atoms with Gasteiger partial charge >= 0.3 is 0 Å². The number of likely N-dealkylation sites (tertiary alicyclic amines) is 1. The molecule has 33 heavy (non-hydrogen) atoms. The number of carbonyl (C=O) groups excluding carboxylic acids is 1. The predicted octanol–water partition coefficient (Wildman–Crippen LogP) is 3.56. The first-order chi connectivity index (χ1) is 16.1. The average Bonchev–Trinajstić information content (AvgIpc) is 3.24. The summed E-state index contributed by atoms with van der Waals surface area (Å²) in [5.74, 6) is 2.25. The number of rotatable bonds is 4. The van der Waals surface area contributed by atoms with Gasteiger partial charge in [0.15, 0.2) is 0 Å². The van der Waals surface area contributed by atoms with Crippen molar-refractivity contribution in [2.24, 2.45) is 4.99 Å². The number of benzene rings is 1. The molecule has 2 saturated heterocycles. The average molecular weight is 448 g/mol. The van der Waals surface area contributed by atoms with Gasteiger partial charge in [-0.2, -0.15) is 0 Å². The number of hydrogen-bond acceptors (Lipinski definition) is 5. The van der Waals surface area contributed by atoms with Crippen LogP contribution in [0.4, 0.5) is 0 Å². The van der Waals surface area contributed by atoms with Gasteiger partial charge in [0, 0.05) is 62.5 Å². The van der Waals surface area contributed by atoms with Crippen LogP contribution in [0.3, 0.4) is 0 Å². The SMILES string of the molecule is COC1=CC=NC(N2CCC3(CC2)NCCN(Cc2c[nH]c4ccccc24)C3=O)=C(C)CC1. The van der Waals surface area contributed by atoms with E-state index in [1.807, 2.05) is 29.5 Å². The second kappa shape index (κ2) is 9.06. The summed E-state index contributed by atoms with van der Waals surface area (Å²) in [6.07, 6.45) is 9.24. The number of aromatic amines is 1. The number of ether oxygens (including phenoxy) is 1. The Labute approximate surface area is 195 Å². The van der Waals surface area contributed by atoms with Crippen molar-refractivity contribution in [3.8, 4) is 0 Å². The van der Waals surface area contributed by atoms with E-state index in [1.54, 1.807) is 7.11 Å². The maximum absolute atomic E-state index is 13.7. The van der Waals surface area contributed by atoms with Gasteiger partial charge in [-0.1, -0.05) is 18.2 Å². The summed E-state index contributed by atoms with van der Waals surface area (Å²) in [7, 11) is 1.71. The monoisotopic (exact) mass is 447 g/mol. The maximum Gasteiger partial charge on any atom is 0.243 e. The normalized spacial score (nSPS) is 21.4. The highest BCUT2D eigenvalue weighted by Crippen LogP contribution is 2.32. The van der Waals surface area contributed by atoms with Gasteiger partial charge < -0.3 is 24.8 Å². The summed E-state index contributed by atoms with van der Waals surface area (Å²) in [5.41, 5.74) is 3.10. The molecule has 7 heteroatoms. The second-order valence-corrected chi connectivity index (χ2v) is 9.30. The lowest BCUT2D eigenvalue weighted by atomic mass is 9.84. The minimum Gasteiger partial charge on any atom is -0.501 e. The van der Waals surface area contributed by atoms with Crippen molar-refractivity contribution in [3.05, 3.63) is 59.3 Å². The lowest BCUT2D eigenvalue weighted by Gasteiger charge is -2.47. The van der Waals surface area contributed by atoms with Crippen molar-refractivity contribution in [1.82, 2.24) is 20.1 Å². The van der Waals surface area contributed by atoms with Crippen LogP contribution in [0.5, 0.6) is 0 Å². The molecule has 1 aromatic carbocycles. The molecule has 3 aliphatic rings. The van der Waals surface area contributed by atoms with Gasteiger partial charge in [-0.25, -0.2) is 4.99 Å². The van der Waals surface area contributed by atoms with Crippen molar-refractivity contribution in [2.75, 3.05) is 33.3 Å². The molecule has 2 N–H and O–H groups in total. The van der Waals surface area contributed by atoms with E-state index in [4.69, 9.17) is 9.73 Å². The van der Waals surface area contributed by atoms with Gasteiger partial charge in [0.2, 0.25) is 5.91 Å². The molecule has 0 atom stereocenters. The number of hydrogen-bond donors (Lipinski definition) is 2. The van der Waals surface area contributed by atoms with E-state index in [9.17, 15) is 4.79 Å². The van der Waals surface area contributed by atoms with Gasteiger partial charge in [0.25, 0.3) is 0 Å². The Morgan fingerprint density at radius 1 is 1.15 bits per heavy atom. The van der Waals surface area contributed by atoms with Crippen molar-refractivity contribution < 1.29 is 9.53 Å². The fourth-order valence-electron chi connectivity index (χ4n) is 5.35. The predicted molar refractivity (Wildman–Crippen MR) is 131 cm³/mol. The fourth-order valence-corrected chi connectivity index (χ4v) is 5.35. The number of piperidine rings is 1. The Kier molecular flexibility index (Phi) is 5.98. The third-order valence-corrected chi connectivity index (χ3v) is 7.34. The zero-order chi connectivity index (χ0) is 22.8. The van der Waals surface area contributed by atoms with E-state index >= 15 is 0 Å². The standard InChI is InChI=1S/C26H33N5O2/c1-19-7-8-21(33-2)9-12-27-24(19)30-14-10-26(11-15-30)25(32)31(16-13-29-26)18-20-17-28-23-6-4-3-5-22(20)23/h3-6,9,12,17,28-29H,7-8,10-11,13-16,18H2,1-2H3. The lowest BCUT2D eigenvalue weighted by Crippen LogP contribution is -2.67. The van der Waals surface area contributed by atoms with E-state index in [1.165, 1.54) is 16.5 Å². The van der Waals surface area contributed by atoms with E-state index in [0.29, 0.717) is 6.54 Å². The molecular weight excluding hydrogens is 414 g/mol. The number of para-hydroxylation sites is 1. The largest absolute Gasteiger partial charge is 0.501 e. The van der Waals surface area contributed by atoms with Crippen LogP contribution in [-0.4, -0.2) is 65.7 Å². The second-order valence-electron chi connectivity index (χ2n) is 9.30. The molecule has 4 heterocycles. The summed E-state index contributed by atoms with van der Waals surface area (Å²) >= 11 is 0. The molecule has 2 fully saturated rings. The summed E-state index contributed by atoms with van der Waals surface area (Å²) in [5, 5.41) is 4.79. The molecule has 174 valence electrons. The quantitative estimate of drug-likeness (QED) is 0.752. The first-order valence-electron chi connectivity index (χ1n) is 11.9. The van der Waals surface area contributed by atoms with Gasteiger partial charge in [-0.05, 0) is 49.5 Å². The molecular formula is C26H33N5O2. The highest BCUT2D eigenvalue weighted by atomic mass is 16.5. The molecule has 1 aromatic heterocycles. The zero-order valence-electron chi connectivity index (χ0n) is 19.6. The van der Waals surface area contributed by atoms with Crippen LogP contribution in [0, 0.1) is 0 Å². The molecule has 1 amide bonds. The van der Waals surface area contributed by atoms with Crippen molar-refractivity contribution in [3.63, 3.8) is 0 Å². The maximum atomic E-state index is 13.7. The highest BCUT2D eigenvalue weighted by molar-refractivity contribution is 5.88. The number of H-pyrrole nitrogens is 1. The first-order valence-corrected chi connectivity index (χ1v) is 11.9. The van der Waals surface area contributed by atoms with Gasteiger partial charge in [-0.15, -0.1) is 0 Å². The summed E-state index contributed by atoms with van der Waals surface area (Å²) in [4.78, 5) is 26.1. The first kappa shape index (κ1) is 21.8. The van der Waals surface area contributed by atoms with Crippen LogP contribution < -0.4 is 5.32 Å². The Morgan fingerprint density at radius 3 is 2.79 bits per heavy atom. The molecule has 0 aliphatic carbocycles. The molecule has 0 bridgehead atoms. The number of allylic oxidation sites excluding steroid dienone is 3. The zero-order valence-corrected chi connectivity index (χ0v) is 19.6. The third-order valence-electron chi connectivity index (χ3n) is 7.34. The minimum atomic E-state index is -0.468. The summed E-state index contributed by atoms with van der Waals surface area (Å²) in [6, 6.07) is 8.29. The van der Waals surface area contributed by atoms with Crippen LogP contribution in [0.25, 0.3) is 10.9 Å².